The summed E-state index contributed by atoms with van der Waals surface area (Å²) in [6.07, 6.45) is 9.79. The van der Waals surface area contributed by atoms with E-state index in [1.165, 1.54) is 32.2 Å². The maximum atomic E-state index is 3.52. The summed E-state index contributed by atoms with van der Waals surface area (Å²) in [5.74, 6) is 0. The molecule has 1 unspecified atom stereocenters. The molecule has 12 heavy (non-hydrogen) atoms. The molecular formula is C10H20N2. The number of likely N-dealkylation sites (N-methyl/N-ethyl adjacent to an activating group) is 1. The van der Waals surface area contributed by atoms with Crippen LogP contribution in [0.5, 0.6) is 0 Å². The average molecular weight is 168 g/mol. The second-order valence-electron chi connectivity index (χ2n) is 3.41. The zero-order valence-corrected chi connectivity index (χ0v) is 7.97. The van der Waals surface area contributed by atoms with Crippen molar-refractivity contribution in [2.45, 2.75) is 31.7 Å². The average Bonchev–Trinajstić information content (AvgIpc) is 2.14. The Morgan fingerprint density at radius 1 is 1.42 bits per heavy atom. The van der Waals surface area contributed by atoms with Gasteiger partial charge < -0.3 is 10.6 Å². The molecule has 1 rings (SSSR count). The molecule has 0 aromatic carbocycles. The van der Waals surface area contributed by atoms with Crippen LogP contribution in [-0.4, -0.2) is 26.2 Å². The van der Waals surface area contributed by atoms with E-state index in [1.54, 1.807) is 0 Å². The van der Waals surface area contributed by atoms with Gasteiger partial charge in [0.25, 0.3) is 0 Å². The SMILES string of the molecule is CNC/C=C\CC1CCCCN1. The van der Waals surface area contributed by atoms with Crippen LogP contribution in [0.15, 0.2) is 12.2 Å². The summed E-state index contributed by atoms with van der Waals surface area (Å²) in [6.45, 7) is 2.21. The van der Waals surface area contributed by atoms with Crippen LogP contribution < -0.4 is 10.6 Å². The van der Waals surface area contributed by atoms with Crippen LogP contribution in [0.2, 0.25) is 0 Å². The van der Waals surface area contributed by atoms with E-state index in [9.17, 15) is 0 Å². The Morgan fingerprint density at radius 2 is 2.33 bits per heavy atom. The molecule has 0 spiro atoms. The minimum absolute atomic E-state index is 0.742. The van der Waals surface area contributed by atoms with E-state index in [0.717, 1.165) is 12.6 Å². The third-order valence-corrected chi connectivity index (χ3v) is 2.32. The molecule has 1 heterocycles. The summed E-state index contributed by atoms with van der Waals surface area (Å²) in [5, 5.41) is 6.62. The molecule has 2 N–H and O–H groups in total. The Kier molecular flexibility index (Phi) is 5.04. The summed E-state index contributed by atoms with van der Waals surface area (Å²) >= 11 is 0. The van der Waals surface area contributed by atoms with Crippen molar-refractivity contribution < 1.29 is 0 Å². The van der Waals surface area contributed by atoms with E-state index in [-0.39, 0.29) is 0 Å². The largest absolute Gasteiger partial charge is 0.316 e. The monoisotopic (exact) mass is 168 g/mol. The van der Waals surface area contributed by atoms with Crippen LogP contribution in [0.25, 0.3) is 0 Å². The standard InChI is InChI=1S/C10H20N2/c1-11-8-4-2-6-10-7-3-5-9-12-10/h2,4,10-12H,3,5-9H2,1H3/b4-2-. The molecule has 70 valence electrons. The first-order valence-corrected chi connectivity index (χ1v) is 4.96. The van der Waals surface area contributed by atoms with Crippen LogP contribution in [-0.2, 0) is 0 Å². The van der Waals surface area contributed by atoms with Gasteiger partial charge in [-0.25, -0.2) is 0 Å². The quantitative estimate of drug-likeness (QED) is 0.618. The molecule has 0 amide bonds. The van der Waals surface area contributed by atoms with E-state index in [2.05, 4.69) is 22.8 Å². The van der Waals surface area contributed by atoms with Gasteiger partial charge in [-0.1, -0.05) is 18.6 Å². The molecule has 1 fully saturated rings. The summed E-state index contributed by atoms with van der Waals surface area (Å²) in [5.41, 5.74) is 0. The lowest BCUT2D eigenvalue weighted by Gasteiger charge is -2.21. The molecule has 2 heteroatoms. The minimum Gasteiger partial charge on any atom is -0.316 e. The summed E-state index contributed by atoms with van der Waals surface area (Å²) < 4.78 is 0. The van der Waals surface area contributed by atoms with Crippen molar-refractivity contribution in [3.8, 4) is 0 Å². The molecule has 0 radical (unpaired) electrons. The van der Waals surface area contributed by atoms with Crippen molar-refractivity contribution in [3.05, 3.63) is 12.2 Å². The summed E-state index contributed by atoms with van der Waals surface area (Å²) in [4.78, 5) is 0. The lowest BCUT2D eigenvalue weighted by atomic mass is 10.0. The molecule has 2 nitrogen and oxygen atoms in total. The number of hydrogen-bond donors (Lipinski definition) is 2. The van der Waals surface area contributed by atoms with Crippen molar-refractivity contribution in [1.29, 1.82) is 0 Å². The molecule has 1 saturated heterocycles. The number of rotatable bonds is 4. The number of piperidine rings is 1. The van der Waals surface area contributed by atoms with E-state index in [0.29, 0.717) is 0 Å². The molecule has 0 aromatic rings. The predicted molar refractivity (Wildman–Crippen MR) is 53.3 cm³/mol. The van der Waals surface area contributed by atoms with Crippen molar-refractivity contribution in [3.63, 3.8) is 0 Å². The van der Waals surface area contributed by atoms with Gasteiger partial charge in [-0.3, -0.25) is 0 Å². The molecule has 1 aliphatic heterocycles. The van der Waals surface area contributed by atoms with Crippen LogP contribution in [0.1, 0.15) is 25.7 Å². The van der Waals surface area contributed by atoms with Gasteiger partial charge in [-0.05, 0) is 32.9 Å². The number of hydrogen-bond acceptors (Lipinski definition) is 2. The molecule has 1 aliphatic rings. The fourth-order valence-corrected chi connectivity index (χ4v) is 1.59. The van der Waals surface area contributed by atoms with Gasteiger partial charge in [-0.2, -0.15) is 0 Å². The number of nitrogens with one attached hydrogen (secondary N) is 2. The fourth-order valence-electron chi connectivity index (χ4n) is 1.59. The van der Waals surface area contributed by atoms with E-state index in [4.69, 9.17) is 0 Å². The first kappa shape index (κ1) is 9.75. The van der Waals surface area contributed by atoms with Gasteiger partial charge in [0, 0.05) is 12.6 Å². The zero-order chi connectivity index (χ0) is 8.65. The lowest BCUT2D eigenvalue weighted by molar-refractivity contribution is 0.403. The zero-order valence-electron chi connectivity index (χ0n) is 7.97. The van der Waals surface area contributed by atoms with Gasteiger partial charge in [0.1, 0.15) is 0 Å². The maximum Gasteiger partial charge on any atom is 0.0131 e. The highest BCUT2D eigenvalue weighted by Gasteiger charge is 2.09. The molecule has 0 aliphatic carbocycles. The van der Waals surface area contributed by atoms with Crippen molar-refractivity contribution in [1.82, 2.24) is 10.6 Å². The lowest BCUT2D eigenvalue weighted by Crippen LogP contribution is -2.33. The van der Waals surface area contributed by atoms with E-state index in [1.807, 2.05) is 7.05 Å². The Labute approximate surface area is 75.4 Å². The highest BCUT2D eigenvalue weighted by Crippen LogP contribution is 2.09. The Hall–Kier alpha value is -0.340. The maximum absolute atomic E-state index is 3.52. The highest BCUT2D eigenvalue weighted by molar-refractivity contribution is 4.88. The van der Waals surface area contributed by atoms with Crippen LogP contribution in [0.3, 0.4) is 0 Å². The van der Waals surface area contributed by atoms with Crippen LogP contribution >= 0.6 is 0 Å². The van der Waals surface area contributed by atoms with Gasteiger partial charge in [0.15, 0.2) is 0 Å². The molecular weight excluding hydrogens is 148 g/mol. The van der Waals surface area contributed by atoms with Crippen LogP contribution in [0.4, 0.5) is 0 Å². The third kappa shape index (κ3) is 3.88. The summed E-state index contributed by atoms with van der Waals surface area (Å²) in [7, 11) is 1.98. The molecule has 1 atom stereocenters. The van der Waals surface area contributed by atoms with Gasteiger partial charge in [0.2, 0.25) is 0 Å². The van der Waals surface area contributed by atoms with Crippen molar-refractivity contribution in [2.24, 2.45) is 0 Å². The third-order valence-electron chi connectivity index (χ3n) is 2.32. The van der Waals surface area contributed by atoms with Gasteiger partial charge in [-0.15, -0.1) is 0 Å². The highest BCUT2D eigenvalue weighted by atomic mass is 14.9. The van der Waals surface area contributed by atoms with Gasteiger partial charge in [0.05, 0.1) is 0 Å². The predicted octanol–water partition coefficient (Wildman–Crippen LogP) is 1.29. The molecule has 0 bridgehead atoms. The molecule has 0 saturated carbocycles. The summed E-state index contributed by atoms with van der Waals surface area (Å²) in [6, 6.07) is 0.742. The topological polar surface area (TPSA) is 24.1 Å². The second kappa shape index (κ2) is 6.21. The first-order valence-electron chi connectivity index (χ1n) is 4.96. The van der Waals surface area contributed by atoms with E-state index < -0.39 is 0 Å². The smallest absolute Gasteiger partial charge is 0.0131 e. The van der Waals surface area contributed by atoms with Gasteiger partial charge >= 0.3 is 0 Å². The minimum atomic E-state index is 0.742. The second-order valence-corrected chi connectivity index (χ2v) is 3.41. The Bertz CT molecular complexity index is 126. The van der Waals surface area contributed by atoms with E-state index >= 15 is 0 Å². The molecule has 0 aromatic heterocycles. The fraction of sp³-hybridized carbons (Fsp3) is 0.800. The van der Waals surface area contributed by atoms with Crippen molar-refractivity contribution in [2.75, 3.05) is 20.1 Å². The van der Waals surface area contributed by atoms with Crippen molar-refractivity contribution >= 4 is 0 Å². The Morgan fingerprint density at radius 3 is 3.00 bits per heavy atom. The first-order chi connectivity index (χ1) is 5.93. The Balaban J connectivity index is 2.04. The normalized spacial score (nSPS) is 24.9. The van der Waals surface area contributed by atoms with Crippen LogP contribution in [0, 0.1) is 0 Å².